The fraction of sp³-hybridized carbons (Fsp3) is 0.250. The minimum atomic E-state index is 0.258. The van der Waals surface area contributed by atoms with Crippen LogP contribution in [0.3, 0.4) is 0 Å². The first-order valence-electron chi connectivity index (χ1n) is 5.45. The standard InChI is InChI=1S/C12H15N3O2/c13-5-6-14-10-8-15-17-12(10)7-9-3-1-2-4-11(9)16/h1-4,8,14,16H,5-7,13H2. The van der Waals surface area contributed by atoms with Crippen molar-refractivity contribution >= 4 is 5.69 Å². The van der Waals surface area contributed by atoms with Crippen molar-refractivity contribution in [3.05, 3.63) is 41.8 Å². The summed E-state index contributed by atoms with van der Waals surface area (Å²) in [5.41, 5.74) is 7.04. The Balaban J connectivity index is 2.13. The molecule has 0 atom stereocenters. The summed E-state index contributed by atoms with van der Waals surface area (Å²) in [5.74, 6) is 0.952. The topological polar surface area (TPSA) is 84.3 Å². The van der Waals surface area contributed by atoms with E-state index in [9.17, 15) is 5.11 Å². The van der Waals surface area contributed by atoms with Crippen molar-refractivity contribution in [3.63, 3.8) is 0 Å². The zero-order valence-corrected chi connectivity index (χ0v) is 9.39. The van der Waals surface area contributed by atoms with Gasteiger partial charge in [0.1, 0.15) is 5.75 Å². The second-order valence-corrected chi connectivity index (χ2v) is 3.68. The van der Waals surface area contributed by atoms with Gasteiger partial charge in [-0.1, -0.05) is 23.4 Å². The summed E-state index contributed by atoms with van der Waals surface area (Å²) in [4.78, 5) is 0. The monoisotopic (exact) mass is 233 g/mol. The molecule has 0 bridgehead atoms. The van der Waals surface area contributed by atoms with Crippen molar-refractivity contribution < 1.29 is 9.63 Å². The Morgan fingerprint density at radius 3 is 2.94 bits per heavy atom. The van der Waals surface area contributed by atoms with Gasteiger partial charge < -0.3 is 20.7 Å². The largest absolute Gasteiger partial charge is 0.508 e. The van der Waals surface area contributed by atoms with Crippen molar-refractivity contribution in [2.45, 2.75) is 6.42 Å². The summed E-state index contributed by atoms with van der Waals surface area (Å²) in [5, 5.41) is 16.5. The molecule has 2 aromatic rings. The molecule has 0 saturated heterocycles. The highest BCUT2D eigenvalue weighted by atomic mass is 16.5. The van der Waals surface area contributed by atoms with Gasteiger partial charge in [-0.2, -0.15) is 0 Å². The number of rotatable bonds is 5. The Morgan fingerprint density at radius 1 is 1.35 bits per heavy atom. The van der Waals surface area contributed by atoms with Crippen molar-refractivity contribution in [1.82, 2.24) is 5.16 Å². The number of nitrogens with two attached hydrogens (primary N) is 1. The van der Waals surface area contributed by atoms with Crippen LogP contribution in [-0.4, -0.2) is 23.4 Å². The van der Waals surface area contributed by atoms with Crippen molar-refractivity contribution in [3.8, 4) is 5.75 Å². The molecule has 0 amide bonds. The van der Waals surface area contributed by atoms with E-state index in [0.717, 1.165) is 11.3 Å². The smallest absolute Gasteiger partial charge is 0.164 e. The number of benzene rings is 1. The van der Waals surface area contributed by atoms with Gasteiger partial charge in [0.25, 0.3) is 0 Å². The molecule has 0 spiro atoms. The van der Waals surface area contributed by atoms with Crippen LogP contribution in [-0.2, 0) is 6.42 Å². The second-order valence-electron chi connectivity index (χ2n) is 3.68. The molecule has 0 aliphatic carbocycles. The molecule has 4 N–H and O–H groups in total. The van der Waals surface area contributed by atoms with E-state index >= 15 is 0 Å². The minimum absolute atomic E-state index is 0.258. The van der Waals surface area contributed by atoms with Crippen LogP contribution in [0, 0.1) is 0 Å². The lowest BCUT2D eigenvalue weighted by Crippen LogP contribution is -2.13. The number of phenolic OH excluding ortho intramolecular Hbond substituents is 1. The molecule has 1 aromatic carbocycles. The lowest BCUT2D eigenvalue weighted by Gasteiger charge is -2.05. The molecule has 5 heteroatoms. The predicted molar refractivity (Wildman–Crippen MR) is 65.0 cm³/mol. The van der Waals surface area contributed by atoms with Crippen LogP contribution < -0.4 is 11.1 Å². The number of aromatic nitrogens is 1. The number of hydrogen-bond donors (Lipinski definition) is 3. The fourth-order valence-corrected chi connectivity index (χ4v) is 1.58. The van der Waals surface area contributed by atoms with Crippen LogP contribution >= 0.6 is 0 Å². The van der Waals surface area contributed by atoms with Crippen LogP contribution in [0.4, 0.5) is 5.69 Å². The first-order chi connectivity index (χ1) is 8.31. The summed E-state index contributed by atoms with van der Waals surface area (Å²) < 4.78 is 5.16. The summed E-state index contributed by atoms with van der Waals surface area (Å²) >= 11 is 0. The minimum Gasteiger partial charge on any atom is -0.508 e. The highest BCUT2D eigenvalue weighted by Gasteiger charge is 2.10. The van der Waals surface area contributed by atoms with Gasteiger partial charge in [0, 0.05) is 25.1 Å². The number of nitrogens with one attached hydrogen (secondary N) is 1. The van der Waals surface area contributed by atoms with Crippen LogP contribution in [0.1, 0.15) is 11.3 Å². The fourth-order valence-electron chi connectivity index (χ4n) is 1.58. The average molecular weight is 233 g/mol. The summed E-state index contributed by atoms with van der Waals surface area (Å²) in [6.07, 6.45) is 2.12. The van der Waals surface area contributed by atoms with Crippen molar-refractivity contribution in [2.75, 3.05) is 18.4 Å². The molecule has 90 valence electrons. The molecule has 0 unspecified atom stereocenters. The molecule has 5 nitrogen and oxygen atoms in total. The SMILES string of the molecule is NCCNc1cnoc1Cc1ccccc1O. The quantitative estimate of drug-likeness (QED) is 0.725. The Labute approximate surface area is 99.2 Å². The zero-order chi connectivity index (χ0) is 12.1. The Morgan fingerprint density at radius 2 is 2.18 bits per heavy atom. The Kier molecular flexibility index (Phi) is 3.62. The molecule has 0 aliphatic heterocycles. The maximum absolute atomic E-state index is 9.67. The van der Waals surface area contributed by atoms with Crippen LogP contribution in [0.2, 0.25) is 0 Å². The molecule has 1 heterocycles. The van der Waals surface area contributed by atoms with Crippen molar-refractivity contribution in [2.24, 2.45) is 5.73 Å². The Hall–Kier alpha value is -2.01. The van der Waals surface area contributed by atoms with E-state index in [-0.39, 0.29) is 5.75 Å². The van der Waals surface area contributed by atoms with E-state index in [1.165, 1.54) is 0 Å². The van der Waals surface area contributed by atoms with Gasteiger partial charge in [-0.15, -0.1) is 0 Å². The van der Waals surface area contributed by atoms with Crippen LogP contribution in [0.5, 0.6) is 5.75 Å². The first-order valence-corrected chi connectivity index (χ1v) is 5.45. The summed E-state index contributed by atoms with van der Waals surface area (Å²) in [7, 11) is 0. The van der Waals surface area contributed by atoms with E-state index in [2.05, 4.69) is 10.5 Å². The maximum atomic E-state index is 9.67. The maximum Gasteiger partial charge on any atom is 0.164 e. The molecule has 0 aliphatic rings. The zero-order valence-electron chi connectivity index (χ0n) is 9.39. The van der Waals surface area contributed by atoms with E-state index in [4.69, 9.17) is 10.3 Å². The van der Waals surface area contributed by atoms with Crippen LogP contribution in [0.25, 0.3) is 0 Å². The van der Waals surface area contributed by atoms with Gasteiger partial charge in [0.05, 0.1) is 11.9 Å². The number of nitrogens with zero attached hydrogens (tertiary/aromatic N) is 1. The number of phenols is 1. The normalized spacial score (nSPS) is 10.4. The third-order valence-electron chi connectivity index (χ3n) is 2.45. The van der Waals surface area contributed by atoms with E-state index in [1.54, 1.807) is 18.3 Å². The van der Waals surface area contributed by atoms with Gasteiger partial charge in [0.15, 0.2) is 5.76 Å². The third-order valence-corrected chi connectivity index (χ3v) is 2.45. The molecule has 0 fully saturated rings. The summed E-state index contributed by atoms with van der Waals surface area (Å²) in [6, 6.07) is 7.16. The lowest BCUT2D eigenvalue weighted by molar-refractivity contribution is 0.387. The van der Waals surface area contributed by atoms with Crippen LogP contribution in [0.15, 0.2) is 35.0 Å². The lowest BCUT2D eigenvalue weighted by atomic mass is 10.1. The first kappa shape index (κ1) is 11.5. The molecule has 0 saturated carbocycles. The van der Waals surface area contributed by atoms with Gasteiger partial charge in [-0.3, -0.25) is 0 Å². The number of para-hydroxylation sites is 1. The van der Waals surface area contributed by atoms with Crippen molar-refractivity contribution in [1.29, 1.82) is 0 Å². The average Bonchev–Trinajstić information content (AvgIpc) is 2.77. The Bertz CT molecular complexity index is 482. The molecule has 17 heavy (non-hydrogen) atoms. The number of anilines is 1. The van der Waals surface area contributed by atoms with E-state index < -0.39 is 0 Å². The van der Waals surface area contributed by atoms with E-state index in [0.29, 0.717) is 25.3 Å². The molecule has 2 rings (SSSR count). The second kappa shape index (κ2) is 5.36. The molecular formula is C12H15N3O2. The summed E-state index contributed by atoms with van der Waals surface area (Å²) in [6.45, 7) is 1.20. The predicted octanol–water partition coefficient (Wildman–Crippen LogP) is 1.34. The van der Waals surface area contributed by atoms with E-state index in [1.807, 2.05) is 12.1 Å². The number of aromatic hydroxyl groups is 1. The third kappa shape index (κ3) is 2.76. The van der Waals surface area contributed by atoms with Gasteiger partial charge in [-0.25, -0.2) is 0 Å². The number of hydrogen-bond acceptors (Lipinski definition) is 5. The highest BCUT2D eigenvalue weighted by Crippen LogP contribution is 2.23. The highest BCUT2D eigenvalue weighted by molar-refractivity contribution is 5.47. The molecular weight excluding hydrogens is 218 g/mol. The molecule has 0 radical (unpaired) electrons. The van der Waals surface area contributed by atoms with Gasteiger partial charge in [0.2, 0.25) is 0 Å². The van der Waals surface area contributed by atoms with Gasteiger partial charge >= 0.3 is 0 Å². The molecule has 1 aromatic heterocycles. The van der Waals surface area contributed by atoms with Gasteiger partial charge in [-0.05, 0) is 6.07 Å².